The fraction of sp³-hybridized carbons (Fsp3) is 0.357. The monoisotopic (exact) mass is 522 g/mol. The number of anilines is 1. The number of piperazine rings is 1. The molecule has 2 aromatic rings. The molecule has 5 rings (SSSR count). The largest absolute Gasteiger partial charge is 0.353 e. The van der Waals surface area contributed by atoms with E-state index in [1.165, 1.54) is 0 Å². The summed E-state index contributed by atoms with van der Waals surface area (Å²) in [5.41, 5.74) is 4.63. The number of hydrogen-bond acceptors (Lipinski definition) is 8. The average Bonchev–Trinajstić information content (AvgIpc) is 3.65. The summed E-state index contributed by atoms with van der Waals surface area (Å²) in [6.45, 7) is 8.59. The highest BCUT2D eigenvalue weighted by molar-refractivity contribution is 5.92. The van der Waals surface area contributed by atoms with E-state index in [4.69, 9.17) is 4.98 Å². The van der Waals surface area contributed by atoms with Crippen LogP contribution in [0, 0.1) is 22.7 Å². The number of amides is 2. The number of aryl methyl sites for hydroxylation is 1. The number of carbonyl (C=O) groups excluding carboxylic acids is 1. The van der Waals surface area contributed by atoms with Crippen LogP contribution in [0.2, 0.25) is 0 Å². The van der Waals surface area contributed by atoms with E-state index in [1.807, 2.05) is 42.6 Å². The molecule has 0 aromatic carbocycles. The standard InChI is InChI=1S/C28H30N10O/c1-20(14-29)27-25(13-22(19-38(27)31-2)23-17-33-34(3)18-23)21-6-7-26(32-16-21)35-9-11-36(12-10-35)28(39)37-8-4-5-24(37)15-30/h6-7,13,16-19,24H,2,4-5,8-12H2,1,3H3/b27-20+/t24-/m0/s1. The highest BCUT2D eigenvalue weighted by atomic mass is 16.2. The Morgan fingerprint density at radius 2 is 1.92 bits per heavy atom. The Bertz CT molecular complexity index is 1440. The highest BCUT2D eigenvalue weighted by Crippen LogP contribution is 2.37. The Morgan fingerprint density at radius 1 is 1.13 bits per heavy atom. The molecular weight excluding hydrogens is 492 g/mol. The first-order valence-corrected chi connectivity index (χ1v) is 12.9. The maximum atomic E-state index is 12.9. The van der Waals surface area contributed by atoms with E-state index in [2.05, 4.69) is 34.0 Å². The van der Waals surface area contributed by atoms with Gasteiger partial charge in [-0.3, -0.25) is 4.68 Å². The molecule has 5 heterocycles. The van der Waals surface area contributed by atoms with Gasteiger partial charge in [-0.2, -0.15) is 20.7 Å². The lowest BCUT2D eigenvalue weighted by Gasteiger charge is -2.37. The molecule has 0 saturated carbocycles. The molecule has 2 saturated heterocycles. The molecular formula is C28H30N10O. The molecule has 2 amide bonds. The van der Waals surface area contributed by atoms with E-state index in [0.29, 0.717) is 44.0 Å². The number of nitrogens with zero attached hydrogens (tertiary/aromatic N) is 10. The van der Waals surface area contributed by atoms with Gasteiger partial charge in [-0.25, -0.2) is 14.8 Å². The zero-order valence-corrected chi connectivity index (χ0v) is 22.2. The maximum Gasteiger partial charge on any atom is 0.321 e. The van der Waals surface area contributed by atoms with E-state index in [9.17, 15) is 15.3 Å². The summed E-state index contributed by atoms with van der Waals surface area (Å²) in [5.74, 6) is 0.822. The first-order chi connectivity index (χ1) is 18.9. The zero-order chi connectivity index (χ0) is 27.5. The van der Waals surface area contributed by atoms with Crippen molar-refractivity contribution in [2.75, 3.05) is 37.6 Å². The van der Waals surface area contributed by atoms with Gasteiger partial charge < -0.3 is 14.7 Å². The van der Waals surface area contributed by atoms with Crippen LogP contribution < -0.4 is 4.90 Å². The minimum atomic E-state index is -0.317. The first-order valence-electron chi connectivity index (χ1n) is 12.9. The lowest BCUT2D eigenvalue weighted by Crippen LogP contribution is -2.53. The third-order valence-electron chi connectivity index (χ3n) is 7.34. The van der Waals surface area contributed by atoms with Gasteiger partial charge in [0, 0.05) is 87.4 Å². The highest BCUT2D eigenvalue weighted by Gasteiger charge is 2.33. The molecule has 1 atom stereocenters. The van der Waals surface area contributed by atoms with Crippen LogP contribution in [0.15, 0.2) is 59.4 Å². The molecule has 39 heavy (non-hydrogen) atoms. The van der Waals surface area contributed by atoms with E-state index in [0.717, 1.165) is 40.9 Å². The molecule has 2 fully saturated rings. The molecule has 0 N–H and O–H groups in total. The SMILES string of the molecule is C=NN1C=C(c2cnn(C)c2)C=C(c2ccc(N3CCN(C(=O)N4CCC[C@H]4C#N)CC3)nc2)/C1=C(/C)C#N. The fourth-order valence-corrected chi connectivity index (χ4v) is 5.24. The van der Waals surface area contributed by atoms with Crippen LogP contribution in [0.25, 0.3) is 11.1 Å². The Balaban J connectivity index is 1.35. The van der Waals surface area contributed by atoms with Crippen LogP contribution in [0.1, 0.15) is 30.9 Å². The lowest BCUT2D eigenvalue weighted by atomic mass is 9.94. The molecule has 2 aromatic heterocycles. The second-order valence-electron chi connectivity index (χ2n) is 9.76. The Kier molecular flexibility index (Phi) is 7.15. The van der Waals surface area contributed by atoms with Crippen molar-refractivity contribution in [2.45, 2.75) is 25.8 Å². The lowest BCUT2D eigenvalue weighted by molar-refractivity contribution is 0.152. The van der Waals surface area contributed by atoms with Crippen molar-refractivity contribution in [3.05, 3.63) is 65.4 Å². The maximum absolute atomic E-state index is 12.9. The summed E-state index contributed by atoms with van der Waals surface area (Å²) >= 11 is 0. The van der Waals surface area contributed by atoms with Crippen LogP contribution in [0.5, 0.6) is 0 Å². The van der Waals surface area contributed by atoms with Crippen molar-refractivity contribution in [1.82, 2.24) is 29.6 Å². The summed E-state index contributed by atoms with van der Waals surface area (Å²) in [6.07, 6.45) is 11.0. The molecule has 0 aliphatic carbocycles. The number of allylic oxidation sites excluding steroid dienone is 4. The second-order valence-corrected chi connectivity index (χ2v) is 9.76. The molecule has 0 bridgehead atoms. The zero-order valence-electron chi connectivity index (χ0n) is 22.2. The number of hydrazone groups is 1. The normalized spacial score (nSPS) is 20.7. The molecule has 0 unspecified atom stereocenters. The van der Waals surface area contributed by atoms with Crippen molar-refractivity contribution in [3.8, 4) is 12.1 Å². The van der Waals surface area contributed by atoms with Gasteiger partial charge in [0.1, 0.15) is 11.9 Å². The van der Waals surface area contributed by atoms with Crippen molar-refractivity contribution in [3.63, 3.8) is 0 Å². The number of nitriles is 2. The summed E-state index contributed by atoms with van der Waals surface area (Å²) in [6, 6.07) is 8.08. The molecule has 11 heteroatoms. The van der Waals surface area contributed by atoms with E-state index in [1.54, 1.807) is 33.9 Å². The van der Waals surface area contributed by atoms with Crippen molar-refractivity contribution in [2.24, 2.45) is 12.1 Å². The number of pyridine rings is 1. The van der Waals surface area contributed by atoms with Gasteiger partial charge in [0.25, 0.3) is 0 Å². The van der Waals surface area contributed by atoms with E-state index < -0.39 is 0 Å². The Hall–Kier alpha value is -4.90. The molecule has 11 nitrogen and oxygen atoms in total. The summed E-state index contributed by atoms with van der Waals surface area (Å²) in [5, 5.41) is 29.1. The number of likely N-dealkylation sites (tertiary alicyclic amines) is 1. The van der Waals surface area contributed by atoms with Crippen LogP contribution in [-0.4, -0.2) is 81.1 Å². The molecule has 0 spiro atoms. The minimum Gasteiger partial charge on any atom is -0.353 e. The summed E-state index contributed by atoms with van der Waals surface area (Å²) in [4.78, 5) is 23.4. The van der Waals surface area contributed by atoms with Crippen LogP contribution >= 0.6 is 0 Å². The average molecular weight is 523 g/mol. The van der Waals surface area contributed by atoms with Crippen molar-refractivity contribution < 1.29 is 4.79 Å². The third kappa shape index (κ3) is 4.99. The van der Waals surface area contributed by atoms with Gasteiger partial charge in [0.2, 0.25) is 0 Å². The number of urea groups is 1. The predicted octanol–water partition coefficient (Wildman–Crippen LogP) is 3.20. The second kappa shape index (κ2) is 10.8. The van der Waals surface area contributed by atoms with Gasteiger partial charge in [-0.1, -0.05) is 0 Å². The van der Waals surface area contributed by atoms with Gasteiger partial charge in [-0.05, 0) is 38.0 Å². The first kappa shape index (κ1) is 25.7. The number of aromatic nitrogens is 3. The quantitative estimate of drug-likeness (QED) is 0.447. The number of hydrogen-bond donors (Lipinski definition) is 0. The van der Waals surface area contributed by atoms with Crippen LogP contribution in [0.4, 0.5) is 10.6 Å². The van der Waals surface area contributed by atoms with Gasteiger partial charge >= 0.3 is 6.03 Å². The topological polar surface area (TPSA) is 121 Å². The van der Waals surface area contributed by atoms with Crippen molar-refractivity contribution in [1.29, 1.82) is 10.5 Å². The van der Waals surface area contributed by atoms with Gasteiger partial charge in [0.15, 0.2) is 0 Å². The molecule has 0 radical (unpaired) electrons. The van der Waals surface area contributed by atoms with E-state index in [-0.39, 0.29) is 12.1 Å². The van der Waals surface area contributed by atoms with Crippen molar-refractivity contribution >= 4 is 29.7 Å². The minimum absolute atomic E-state index is 0.0451. The fourth-order valence-electron chi connectivity index (χ4n) is 5.24. The van der Waals surface area contributed by atoms with Crippen LogP contribution in [-0.2, 0) is 7.05 Å². The van der Waals surface area contributed by atoms with Crippen LogP contribution in [0.3, 0.4) is 0 Å². The Morgan fingerprint density at radius 3 is 2.54 bits per heavy atom. The summed E-state index contributed by atoms with van der Waals surface area (Å²) < 4.78 is 1.73. The van der Waals surface area contributed by atoms with Gasteiger partial charge in [0.05, 0.1) is 29.6 Å². The Labute approximate surface area is 227 Å². The predicted molar refractivity (Wildman–Crippen MR) is 148 cm³/mol. The number of rotatable bonds is 4. The van der Waals surface area contributed by atoms with Gasteiger partial charge in [-0.15, -0.1) is 0 Å². The molecule has 198 valence electrons. The number of carbonyl (C=O) groups is 1. The molecule has 3 aliphatic rings. The van der Waals surface area contributed by atoms with E-state index >= 15 is 0 Å². The molecule has 3 aliphatic heterocycles. The smallest absolute Gasteiger partial charge is 0.321 e. The summed E-state index contributed by atoms with van der Waals surface area (Å²) in [7, 11) is 1.86. The third-order valence-corrected chi connectivity index (χ3v) is 7.34.